The van der Waals surface area contributed by atoms with Crippen molar-refractivity contribution < 1.29 is 0 Å². The van der Waals surface area contributed by atoms with Crippen molar-refractivity contribution in [3.8, 4) is 0 Å². The molecule has 0 amide bonds. The number of aryl methyl sites for hydroxylation is 1. The maximum Gasteiger partial charge on any atom is 0.138 e. The summed E-state index contributed by atoms with van der Waals surface area (Å²) >= 11 is 0. The summed E-state index contributed by atoms with van der Waals surface area (Å²) in [6.45, 7) is 8.32. The highest BCUT2D eigenvalue weighted by Crippen LogP contribution is 1.96. The molecule has 0 bridgehead atoms. The van der Waals surface area contributed by atoms with E-state index in [9.17, 15) is 0 Å². The fourth-order valence-corrected chi connectivity index (χ4v) is 1.47. The Balaban J connectivity index is 2.21. The first kappa shape index (κ1) is 12.9. The predicted molar refractivity (Wildman–Crippen MR) is 66.3 cm³/mol. The van der Waals surface area contributed by atoms with Gasteiger partial charge >= 0.3 is 0 Å². The third-order valence-corrected chi connectivity index (χ3v) is 2.33. The molecule has 1 aromatic heterocycles. The monoisotopic (exact) mass is 222 g/mol. The minimum absolute atomic E-state index is 0.566. The molecule has 0 saturated carbocycles. The molecular formula is C12H22N4. The Labute approximate surface area is 97.8 Å². The Kier molecular flexibility index (Phi) is 5.78. The van der Waals surface area contributed by atoms with Crippen molar-refractivity contribution in [2.24, 2.45) is 0 Å². The molecule has 4 nitrogen and oxygen atoms in total. The lowest BCUT2D eigenvalue weighted by molar-refractivity contribution is 0.594. The molecule has 16 heavy (non-hydrogen) atoms. The van der Waals surface area contributed by atoms with Crippen molar-refractivity contribution in [1.82, 2.24) is 20.1 Å². The molecule has 0 fully saturated rings. The molecular weight excluding hydrogens is 200 g/mol. The van der Waals surface area contributed by atoms with Crippen molar-refractivity contribution in [2.75, 3.05) is 6.54 Å². The Morgan fingerprint density at radius 3 is 2.94 bits per heavy atom. The highest BCUT2D eigenvalue weighted by Gasteiger charge is 1.98. The van der Waals surface area contributed by atoms with Crippen LogP contribution >= 0.6 is 0 Å². The van der Waals surface area contributed by atoms with Crippen molar-refractivity contribution in [3.63, 3.8) is 0 Å². The van der Waals surface area contributed by atoms with Crippen LogP contribution in [0.15, 0.2) is 18.5 Å². The topological polar surface area (TPSA) is 42.7 Å². The summed E-state index contributed by atoms with van der Waals surface area (Å²) in [5.41, 5.74) is 0. The zero-order valence-corrected chi connectivity index (χ0v) is 10.5. The fraction of sp³-hybridized carbons (Fsp3) is 0.667. The average Bonchev–Trinajstić information content (AvgIpc) is 2.70. The zero-order chi connectivity index (χ0) is 11.8. The van der Waals surface area contributed by atoms with Gasteiger partial charge in [-0.25, -0.2) is 4.98 Å². The van der Waals surface area contributed by atoms with Crippen LogP contribution in [0.2, 0.25) is 0 Å². The van der Waals surface area contributed by atoms with Crippen LogP contribution in [0.1, 0.15) is 33.0 Å². The molecule has 0 unspecified atom stereocenters. The van der Waals surface area contributed by atoms with Gasteiger partial charge < -0.3 is 5.32 Å². The Morgan fingerprint density at radius 2 is 2.25 bits per heavy atom. The fourth-order valence-electron chi connectivity index (χ4n) is 1.47. The van der Waals surface area contributed by atoms with Crippen LogP contribution in [0.4, 0.5) is 0 Å². The third-order valence-electron chi connectivity index (χ3n) is 2.33. The Bertz CT molecular complexity index is 315. The second-order valence-electron chi connectivity index (χ2n) is 4.07. The number of hydrogen-bond donors (Lipinski definition) is 1. The summed E-state index contributed by atoms with van der Waals surface area (Å²) in [5, 5.41) is 7.51. The van der Waals surface area contributed by atoms with E-state index in [1.165, 1.54) is 0 Å². The molecule has 4 heteroatoms. The lowest BCUT2D eigenvalue weighted by atomic mass is 10.3. The number of aromatic nitrogens is 3. The third kappa shape index (κ3) is 4.57. The normalized spacial score (nSPS) is 11.8. The van der Waals surface area contributed by atoms with Gasteiger partial charge in [0.1, 0.15) is 12.2 Å². The molecule has 0 aromatic carbocycles. The molecule has 0 aliphatic rings. The Morgan fingerprint density at radius 1 is 1.44 bits per heavy atom. The minimum Gasteiger partial charge on any atom is -0.314 e. The van der Waals surface area contributed by atoms with Gasteiger partial charge in [-0.3, -0.25) is 4.68 Å². The molecule has 1 heterocycles. The van der Waals surface area contributed by atoms with Gasteiger partial charge in [0.05, 0.1) is 0 Å². The SMILES string of the molecule is CCn1ncnc1CC=CCCNC(C)C. The van der Waals surface area contributed by atoms with Crippen molar-refractivity contribution in [3.05, 3.63) is 24.3 Å². The largest absolute Gasteiger partial charge is 0.314 e. The minimum atomic E-state index is 0.566. The maximum absolute atomic E-state index is 4.22. The summed E-state index contributed by atoms with van der Waals surface area (Å²) in [4.78, 5) is 4.22. The standard InChI is InChI=1S/C12H22N4/c1-4-16-12(14-10-15-16)8-6-5-7-9-13-11(2)3/h5-6,10-11,13H,4,7-9H2,1-3H3. The highest BCUT2D eigenvalue weighted by molar-refractivity contribution is 4.95. The molecule has 0 saturated heterocycles. The van der Waals surface area contributed by atoms with Gasteiger partial charge in [0.2, 0.25) is 0 Å². The van der Waals surface area contributed by atoms with E-state index in [0.29, 0.717) is 6.04 Å². The second-order valence-corrected chi connectivity index (χ2v) is 4.07. The van der Waals surface area contributed by atoms with Crippen LogP contribution in [0, 0.1) is 0 Å². The van der Waals surface area contributed by atoms with Gasteiger partial charge in [-0.05, 0) is 19.9 Å². The van der Waals surface area contributed by atoms with E-state index in [1.807, 2.05) is 4.68 Å². The average molecular weight is 222 g/mol. The summed E-state index contributed by atoms with van der Waals surface area (Å²) in [7, 11) is 0. The number of allylic oxidation sites excluding steroid dienone is 1. The number of rotatable bonds is 7. The van der Waals surface area contributed by atoms with Crippen LogP contribution in [-0.4, -0.2) is 27.4 Å². The van der Waals surface area contributed by atoms with E-state index in [4.69, 9.17) is 0 Å². The van der Waals surface area contributed by atoms with Crippen LogP contribution in [0.3, 0.4) is 0 Å². The van der Waals surface area contributed by atoms with Crippen molar-refractivity contribution >= 4 is 0 Å². The lowest BCUT2D eigenvalue weighted by Gasteiger charge is -2.04. The van der Waals surface area contributed by atoms with Crippen LogP contribution in [0.25, 0.3) is 0 Å². The van der Waals surface area contributed by atoms with Gasteiger partial charge in [-0.1, -0.05) is 26.0 Å². The van der Waals surface area contributed by atoms with E-state index in [0.717, 1.165) is 31.8 Å². The zero-order valence-electron chi connectivity index (χ0n) is 10.5. The van der Waals surface area contributed by atoms with Gasteiger partial charge in [0.25, 0.3) is 0 Å². The lowest BCUT2D eigenvalue weighted by Crippen LogP contribution is -2.23. The predicted octanol–water partition coefficient (Wildman–Crippen LogP) is 1.78. The summed E-state index contributed by atoms with van der Waals surface area (Å²) in [6.07, 6.45) is 7.92. The quantitative estimate of drug-likeness (QED) is 0.565. The van der Waals surface area contributed by atoms with E-state index in [1.54, 1.807) is 6.33 Å². The van der Waals surface area contributed by atoms with Gasteiger partial charge in [-0.2, -0.15) is 5.10 Å². The molecule has 0 spiro atoms. The van der Waals surface area contributed by atoms with Crippen LogP contribution < -0.4 is 5.32 Å². The summed E-state index contributed by atoms with van der Waals surface area (Å²) < 4.78 is 1.93. The molecule has 1 N–H and O–H groups in total. The van der Waals surface area contributed by atoms with E-state index >= 15 is 0 Å². The number of nitrogens with zero attached hydrogens (tertiary/aromatic N) is 3. The van der Waals surface area contributed by atoms with Crippen molar-refractivity contribution in [2.45, 2.75) is 46.2 Å². The smallest absolute Gasteiger partial charge is 0.138 e. The van der Waals surface area contributed by atoms with E-state index in [2.05, 4.69) is 48.3 Å². The molecule has 1 rings (SSSR count). The molecule has 0 atom stereocenters. The number of nitrogens with one attached hydrogen (secondary N) is 1. The van der Waals surface area contributed by atoms with E-state index in [-0.39, 0.29) is 0 Å². The first-order valence-corrected chi connectivity index (χ1v) is 5.99. The molecule has 0 aliphatic carbocycles. The summed E-state index contributed by atoms with van der Waals surface area (Å²) in [5.74, 6) is 1.04. The number of hydrogen-bond acceptors (Lipinski definition) is 3. The van der Waals surface area contributed by atoms with Gasteiger partial charge in [-0.15, -0.1) is 0 Å². The van der Waals surface area contributed by atoms with Crippen molar-refractivity contribution in [1.29, 1.82) is 0 Å². The highest BCUT2D eigenvalue weighted by atomic mass is 15.3. The molecule has 90 valence electrons. The molecule has 1 aromatic rings. The summed E-state index contributed by atoms with van der Waals surface area (Å²) in [6, 6.07) is 0.566. The van der Waals surface area contributed by atoms with Crippen LogP contribution in [0.5, 0.6) is 0 Å². The molecule has 0 radical (unpaired) electrons. The van der Waals surface area contributed by atoms with Crippen LogP contribution in [-0.2, 0) is 13.0 Å². The van der Waals surface area contributed by atoms with Gasteiger partial charge in [0, 0.05) is 19.0 Å². The maximum atomic E-state index is 4.22. The first-order chi connectivity index (χ1) is 7.74. The van der Waals surface area contributed by atoms with Gasteiger partial charge in [0.15, 0.2) is 0 Å². The Hall–Kier alpha value is -1.16. The van der Waals surface area contributed by atoms with E-state index < -0.39 is 0 Å². The second kappa shape index (κ2) is 7.17. The first-order valence-electron chi connectivity index (χ1n) is 5.99. The molecule has 0 aliphatic heterocycles.